The molecule has 0 saturated heterocycles. The number of ether oxygens (including phenoxy) is 1. The van der Waals surface area contributed by atoms with Crippen molar-refractivity contribution in [1.82, 2.24) is 0 Å². The summed E-state index contributed by atoms with van der Waals surface area (Å²) in [6, 6.07) is 10.1. The van der Waals surface area contributed by atoms with Gasteiger partial charge in [0.15, 0.2) is 23.3 Å². The van der Waals surface area contributed by atoms with Crippen molar-refractivity contribution in [2.24, 2.45) is 0 Å². The maximum absolute atomic E-state index is 15.2. The second-order valence-electron chi connectivity index (χ2n) is 7.90. The van der Waals surface area contributed by atoms with Crippen LogP contribution in [0.15, 0.2) is 54.6 Å². The smallest absolute Gasteiger partial charge is 0.200 e. The van der Waals surface area contributed by atoms with Crippen LogP contribution < -0.4 is 4.74 Å². The highest BCUT2D eigenvalue weighted by Crippen LogP contribution is 2.47. The maximum atomic E-state index is 15.2. The molecule has 5 aromatic rings. The molecule has 182 valence electrons. The largest absolute Gasteiger partial charge is 0.497 e. The molecule has 0 radical (unpaired) electrons. The molecule has 36 heavy (non-hydrogen) atoms. The fraction of sp³-hybridized carbons (Fsp3) is 0.0370. The zero-order valence-electron chi connectivity index (χ0n) is 18.1. The molecule has 0 unspecified atom stereocenters. The predicted octanol–water partition coefficient (Wildman–Crippen LogP) is 8.45. The summed E-state index contributed by atoms with van der Waals surface area (Å²) in [4.78, 5) is 0. The van der Waals surface area contributed by atoms with Gasteiger partial charge in [-0.05, 0) is 33.7 Å². The van der Waals surface area contributed by atoms with E-state index in [4.69, 9.17) is 4.74 Å². The molecule has 0 saturated carbocycles. The molecule has 0 heterocycles. The number of rotatable bonds is 3. The van der Waals surface area contributed by atoms with Gasteiger partial charge in [0.1, 0.15) is 23.2 Å². The molecule has 0 fully saturated rings. The van der Waals surface area contributed by atoms with Gasteiger partial charge in [0.2, 0.25) is 5.82 Å². The molecular formula is C27H12F8O. The molecule has 5 aromatic carbocycles. The zero-order chi connectivity index (χ0) is 25.9. The van der Waals surface area contributed by atoms with E-state index < -0.39 is 63.2 Å². The Morgan fingerprint density at radius 1 is 0.472 bits per heavy atom. The summed E-state index contributed by atoms with van der Waals surface area (Å²) in [5, 5.41) is -0.500. The minimum Gasteiger partial charge on any atom is -0.497 e. The lowest BCUT2D eigenvalue weighted by Crippen LogP contribution is -2.05. The van der Waals surface area contributed by atoms with Crippen LogP contribution in [0.4, 0.5) is 35.1 Å². The number of hydrogen-bond acceptors (Lipinski definition) is 1. The SMILES string of the molecule is COc1cc(F)c(-c2c3ccccc3c(-c3c(F)c(F)c(F)c(F)c3F)c3ccc(F)cc23)c(F)c1. The van der Waals surface area contributed by atoms with Gasteiger partial charge in [0.05, 0.1) is 18.2 Å². The second kappa shape index (κ2) is 8.51. The summed E-state index contributed by atoms with van der Waals surface area (Å²) in [5.74, 6) is -14.0. The van der Waals surface area contributed by atoms with Crippen molar-refractivity contribution in [1.29, 1.82) is 0 Å². The van der Waals surface area contributed by atoms with Crippen LogP contribution in [0.3, 0.4) is 0 Å². The van der Waals surface area contributed by atoms with Crippen LogP contribution in [0.5, 0.6) is 5.75 Å². The summed E-state index contributed by atoms with van der Waals surface area (Å²) in [6.07, 6.45) is 0. The zero-order valence-corrected chi connectivity index (χ0v) is 18.1. The van der Waals surface area contributed by atoms with E-state index in [1.165, 1.54) is 31.4 Å². The first-order valence-corrected chi connectivity index (χ1v) is 10.3. The first kappa shape index (κ1) is 23.6. The van der Waals surface area contributed by atoms with Crippen LogP contribution in [-0.4, -0.2) is 7.11 Å². The minimum atomic E-state index is -2.34. The van der Waals surface area contributed by atoms with E-state index in [2.05, 4.69) is 0 Å². The van der Waals surface area contributed by atoms with Gasteiger partial charge >= 0.3 is 0 Å². The first-order chi connectivity index (χ1) is 17.1. The van der Waals surface area contributed by atoms with Gasteiger partial charge in [0, 0.05) is 23.3 Å². The normalized spacial score (nSPS) is 11.5. The molecule has 0 bridgehead atoms. The molecule has 0 amide bonds. The summed E-state index contributed by atoms with van der Waals surface area (Å²) in [6.45, 7) is 0. The third-order valence-electron chi connectivity index (χ3n) is 5.95. The Hall–Kier alpha value is -4.14. The Morgan fingerprint density at radius 2 is 0.944 bits per heavy atom. The molecule has 0 atom stereocenters. The third kappa shape index (κ3) is 3.37. The number of halogens is 8. The van der Waals surface area contributed by atoms with Crippen molar-refractivity contribution in [3.8, 4) is 28.0 Å². The molecule has 0 aromatic heterocycles. The van der Waals surface area contributed by atoms with E-state index in [-0.39, 0.29) is 32.9 Å². The summed E-state index contributed by atoms with van der Waals surface area (Å²) in [7, 11) is 1.20. The quantitative estimate of drug-likeness (QED) is 0.104. The van der Waals surface area contributed by atoms with Crippen molar-refractivity contribution in [2.75, 3.05) is 7.11 Å². The molecular weight excluding hydrogens is 492 g/mol. The van der Waals surface area contributed by atoms with Crippen LogP contribution in [0, 0.1) is 46.5 Å². The minimum absolute atomic E-state index is 0.0162. The van der Waals surface area contributed by atoms with Crippen LogP contribution >= 0.6 is 0 Å². The van der Waals surface area contributed by atoms with Gasteiger partial charge < -0.3 is 4.74 Å². The molecule has 5 rings (SSSR count). The maximum Gasteiger partial charge on any atom is 0.200 e. The van der Waals surface area contributed by atoms with Gasteiger partial charge in [0.25, 0.3) is 0 Å². The van der Waals surface area contributed by atoms with Gasteiger partial charge in [-0.25, -0.2) is 35.1 Å². The Labute approximate surface area is 198 Å². The Bertz CT molecular complexity index is 1660. The van der Waals surface area contributed by atoms with E-state index in [0.29, 0.717) is 0 Å². The Balaban J connectivity index is 2.05. The van der Waals surface area contributed by atoms with Crippen molar-refractivity contribution in [2.45, 2.75) is 0 Å². The van der Waals surface area contributed by atoms with Gasteiger partial charge in [-0.1, -0.05) is 30.3 Å². The summed E-state index contributed by atoms with van der Waals surface area (Å²) >= 11 is 0. The van der Waals surface area contributed by atoms with E-state index in [9.17, 15) is 26.3 Å². The number of benzene rings is 5. The predicted molar refractivity (Wildman–Crippen MR) is 119 cm³/mol. The van der Waals surface area contributed by atoms with Crippen molar-refractivity contribution < 1.29 is 39.9 Å². The van der Waals surface area contributed by atoms with Gasteiger partial charge in [-0.15, -0.1) is 0 Å². The second-order valence-corrected chi connectivity index (χ2v) is 7.90. The monoisotopic (exact) mass is 504 g/mol. The van der Waals surface area contributed by atoms with Crippen LogP contribution in [0.25, 0.3) is 43.8 Å². The fourth-order valence-electron chi connectivity index (χ4n) is 4.42. The average molecular weight is 504 g/mol. The van der Waals surface area contributed by atoms with E-state index in [1.54, 1.807) is 0 Å². The van der Waals surface area contributed by atoms with Crippen molar-refractivity contribution in [3.63, 3.8) is 0 Å². The van der Waals surface area contributed by atoms with E-state index >= 15 is 8.78 Å². The van der Waals surface area contributed by atoms with Crippen LogP contribution in [0.1, 0.15) is 0 Å². The van der Waals surface area contributed by atoms with Crippen LogP contribution in [0.2, 0.25) is 0 Å². The first-order valence-electron chi connectivity index (χ1n) is 10.3. The molecule has 0 aliphatic heterocycles. The van der Waals surface area contributed by atoms with Gasteiger partial charge in [-0.3, -0.25) is 0 Å². The number of fused-ring (bicyclic) bond motifs is 2. The van der Waals surface area contributed by atoms with Gasteiger partial charge in [-0.2, -0.15) is 0 Å². The average Bonchev–Trinajstić information content (AvgIpc) is 2.86. The Kier molecular flexibility index (Phi) is 5.58. The number of methoxy groups -OCH3 is 1. The van der Waals surface area contributed by atoms with Crippen molar-refractivity contribution >= 4 is 21.5 Å². The summed E-state index contributed by atoms with van der Waals surface area (Å²) < 4.78 is 122. The topological polar surface area (TPSA) is 9.23 Å². The fourth-order valence-corrected chi connectivity index (χ4v) is 4.42. The lowest BCUT2D eigenvalue weighted by Gasteiger charge is -2.19. The molecule has 0 aliphatic carbocycles. The highest BCUT2D eigenvalue weighted by Gasteiger charge is 2.30. The molecule has 0 aliphatic rings. The highest BCUT2D eigenvalue weighted by atomic mass is 19.2. The summed E-state index contributed by atoms with van der Waals surface area (Å²) in [5.41, 5.74) is -2.47. The Morgan fingerprint density at radius 3 is 1.47 bits per heavy atom. The molecule has 1 nitrogen and oxygen atoms in total. The number of hydrogen-bond donors (Lipinski definition) is 0. The van der Waals surface area contributed by atoms with E-state index in [1.807, 2.05) is 0 Å². The molecule has 0 N–H and O–H groups in total. The van der Waals surface area contributed by atoms with Crippen molar-refractivity contribution in [3.05, 3.63) is 101 Å². The highest BCUT2D eigenvalue weighted by molar-refractivity contribution is 6.21. The third-order valence-corrected chi connectivity index (χ3v) is 5.95. The standard InChI is InChI=1S/C27H12F8O/c1-36-12-9-17(29)21(18(30)10-12)20-14-5-3-2-4-13(14)19(15-7-6-11(28)8-16(15)20)22-23(31)25(33)27(35)26(34)24(22)32/h2-10H,1H3. The molecule has 0 spiro atoms. The lowest BCUT2D eigenvalue weighted by molar-refractivity contribution is 0.381. The molecule has 9 heteroatoms. The van der Waals surface area contributed by atoms with Crippen LogP contribution in [-0.2, 0) is 0 Å². The lowest BCUT2D eigenvalue weighted by atomic mass is 9.85. The van der Waals surface area contributed by atoms with E-state index in [0.717, 1.165) is 30.3 Å².